The fraction of sp³-hybridized carbons (Fsp3) is 0.571. The zero-order chi connectivity index (χ0) is 66.9. The van der Waals surface area contributed by atoms with Crippen LogP contribution >= 0.6 is 0 Å². The molecule has 21 heteroatoms. The number of aliphatic hydroxyl groups excluding tert-OH is 1. The summed E-state index contributed by atoms with van der Waals surface area (Å²) in [7, 11) is -2.62. The summed E-state index contributed by atoms with van der Waals surface area (Å²) in [5.41, 5.74) is 0.672. The quantitative estimate of drug-likeness (QED) is 0.0505. The summed E-state index contributed by atoms with van der Waals surface area (Å²) in [5.74, 6) is -2.04. The van der Waals surface area contributed by atoms with Crippen LogP contribution in [0.15, 0.2) is 84.9 Å². The first-order valence-corrected chi connectivity index (χ1v) is 34.2. The van der Waals surface area contributed by atoms with Crippen LogP contribution in [0.25, 0.3) is 0 Å². The first-order chi connectivity index (χ1) is 42.8. The van der Waals surface area contributed by atoms with E-state index in [-0.39, 0.29) is 79.7 Å². The lowest BCUT2D eigenvalue weighted by atomic mass is 9.83. The van der Waals surface area contributed by atoms with Gasteiger partial charge in [0, 0.05) is 74.7 Å². The van der Waals surface area contributed by atoms with E-state index < -0.39 is 50.1 Å². The van der Waals surface area contributed by atoms with Gasteiger partial charge in [0.1, 0.15) is 11.5 Å². The van der Waals surface area contributed by atoms with Gasteiger partial charge in [-0.15, -0.1) is 0 Å². The number of halogens is 4. The molecule has 0 spiro atoms. The number of alkyl halides is 4. The largest absolute Gasteiger partial charge is 0.476 e. The number of rotatable bonds is 22. The molecule has 4 aromatic carbocycles. The van der Waals surface area contributed by atoms with Crippen LogP contribution in [-0.4, -0.2) is 146 Å². The maximum atomic E-state index is 14.4. The number of nitrogens with zero attached hydrogens (tertiary/aromatic N) is 4. The smallest absolute Gasteiger partial charge is 0.315 e. The molecule has 2 fully saturated rings. The van der Waals surface area contributed by atoms with Crippen LogP contribution in [0.5, 0.6) is 11.5 Å². The van der Waals surface area contributed by atoms with Crippen molar-refractivity contribution in [2.45, 2.75) is 207 Å². The van der Waals surface area contributed by atoms with Crippen molar-refractivity contribution in [3.05, 3.63) is 107 Å². The second kappa shape index (κ2) is 30.3. The molecule has 2 heterocycles. The number of nitrogens with one attached hydrogen (secondary N) is 2. The van der Waals surface area contributed by atoms with Gasteiger partial charge in [-0.2, -0.15) is 17.6 Å². The van der Waals surface area contributed by atoms with Crippen molar-refractivity contribution in [2.75, 3.05) is 49.2 Å². The molecule has 2 aliphatic carbocycles. The second-order valence-electron chi connectivity index (χ2n) is 27.4. The van der Waals surface area contributed by atoms with E-state index in [1.54, 1.807) is 52.0 Å². The van der Waals surface area contributed by atoms with Crippen molar-refractivity contribution in [1.82, 2.24) is 20.4 Å². The van der Waals surface area contributed by atoms with Gasteiger partial charge in [0.05, 0.1) is 11.4 Å². The SMILES string of the molecule is Cc1cc2c(cc1C(=O)N(C(C)C)C1CCC(CCO)CC1)N(CCNC(=O)C(F)F)C(=O)C(C)(C)O2.Cc1cc2c(cc1C(=O)N(C(C)C)C1CCC(CCO[Si](c3ccccc3)(c3ccccc3)C(C)(C)C)CC1)N(CCNC(=O)C(F)F)C(=O)C(C)(C)O2. The van der Waals surface area contributed by atoms with E-state index in [4.69, 9.17) is 13.9 Å². The van der Waals surface area contributed by atoms with Gasteiger partial charge in [0.25, 0.3) is 43.8 Å². The fourth-order valence-corrected chi connectivity index (χ4v) is 18.3. The molecule has 0 unspecified atom stereocenters. The van der Waals surface area contributed by atoms with Crippen LogP contribution in [0.3, 0.4) is 0 Å². The summed E-state index contributed by atoms with van der Waals surface area (Å²) < 4.78 is 70.1. The number of ether oxygens (including phenoxy) is 2. The minimum Gasteiger partial charge on any atom is -0.476 e. The highest BCUT2D eigenvalue weighted by Crippen LogP contribution is 2.44. The molecule has 16 nitrogen and oxygen atoms in total. The summed E-state index contributed by atoms with van der Waals surface area (Å²) in [6, 6.07) is 28.3. The highest BCUT2D eigenvalue weighted by atomic mass is 28.4. The highest BCUT2D eigenvalue weighted by Gasteiger charge is 2.51. The Hall–Kier alpha value is -6.84. The molecule has 4 aromatic rings. The average molecular weight is 1290 g/mol. The van der Waals surface area contributed by atoms with E-state index in [1.807, 2.05) is 51.3 Å². The van der Waals surface area contributed by atoms with Gasteiger partial charge < -0.3 is 49.2 Å². The van der Waals surface area contributed by atoms with Gasteiger partial charge in [-0.25, -0.2) is 0 Å². The molecule has 2 aliphatic heterocycles. The van der Waals surface area contributed by atoms with Gasteiger partial charge in [-0.3, -0.25) is 28.8 Å². The molecule has 3 N–H and O–H groups in total. The van der Waals surface area contributed by atoms with Crippen molar-refractivity contribution in [1.29, 1.82) is 0 Å². The summed E-state index contributed by atoms with van der Waals surface area (Å²) >= 11 is 0. The van der Waals surface area contributed by atoms with E-state index in [9.17, 15) is 51.4 Å². The Bertz CT molecular complexity index is 3140. The Kier molecular flexibility index (Phi) is 23.8. The summed E-state index contributed by atoms with van der Waals surface area (Å²) in [4.78, 5) is 84.5. The van der Waals surface area contributed by atoms with E-state index in [1.165, 1.54) is 20.2 Å². The molecule has 2 saturated carbocycles. The van der Waals surface area contributed by atoms with E-state index in [0.717, 1.165) is 69.8 Å². The third kappa shape index (κ3) is 16.5. The monoisotopic (exact) mass is 1280 g/mol. The van der Waals surface area contributed by atoms with Gasteiger partial charge in [-0.1, -0.05) is 81.4 Å². The molecule has 4 aliphatic rings. The van der Waals surface area contributed by atoms with Gasteiger partial charge in [0.2, 0.25) is 0 Å². The van der Waals surface area contributed by atoms with Crippen molar-refractivity contribution in [2.24, 2.45) is 11.8 Å². The fourth-order valence-electron chi connectivity index (χ4n) is 13.7. The molecular weight excluding hydrogens is 1190 g/mol. The lowest BCUT2D eigenvalue weighted by molar-refractivity contribution is -0.133. The third-order valence-electron chi connectivity index (χ3n) is 18.4. The number of aliphatic hydroxyl groups is 1. The number of carbonyl (C=O) groups is 6. The van der Waals surface area contributed by atoms with E-state index >= 15 is 0 Å². The maximum Gasteiger partial charge on any atom is 0.315 e. The Labute approximate surface area is 536 Å². The molecule has 0 bridgehead atoms. The standard InChI is InChI=1S/C43H57F2N3O5Si.C27H39F2N3O5/c1-29(2)48(40(50)35-28-36-37(27-30(35)3)53-43(7,8)41(51)47(36)25-24-46-39(49)38(44)45)32-21-19-31(20-22-32)23-26-52-54(42(4,5)6,33-15-11-9-12-16-33)34-17-13-10-14-18-34;1-16(2)32(19-8-6-18(7-9-19)10-13-33)25(35)20-15-21-22(14-17(20)3)37-27(4,5)26(36)31(21)12-11-30-24(34)23(28)29/h9-18,27-29,31-32,38H,19-26H2,1-8H3,(H,46,49);14-16,18-19,23,33H,6-13H2,1-5H3,(H,30,34). The van der Waals surface area contributed by atoms with Gasteiger partial charge >= 0.3 is 12.9 Å². The van der Waals surface area contributed by atoms with Crippen LogP contribution in [0.1, 0.15) is 172 Å². The topological polar surface area (TPSA) is 187 Å². The molecule has 0 atom stereocenters. The number of benzene rings is 4. The van der Waals surface area contributed by atoms with Gasteiger partial charge in [-0.05, 0) is 196 Å². The Morgan fingerprint density at radius 1 is 0.615 bits per heavy atom. The first kappa shape index (κ1) is 71.6. The number of amides is 6. The van der Waals surface area contributed by atoms with Crippen LogP contribution < -0.4 is 40.3 Å². The number of hydrogen-bond acceptors (Lipinski definition) is 10. The molecule has 0 radical (unpaired) electrons. The van der Waals surface area contributed by atoms with E-state index in [2.05, 4.69) is 92.1 Å². The summed E-state index contributed by atoms with van der Waals surface area (Å²) in [5, 5.41) is 16.0. The van der Waals surface area contributed by atoms with Crippen LogP contribution in [-0.2, 0) is 23.6 Å². The van der Waals surface area contributed by atoms with Crippen LogP contribution in [0.2, 0.25) is 5.04 Å². The average Bonchev–Trinajstić information content (AvgIpc) is 1.02. The lowest BCUT2D eigenvalue weighted by Crippen LogP contribution is -2.66. The molecule has 498 valence electrons. The molecule has 0 aromatic heterocycles. The predicted octanol–water partition coefficient (Wildman–Crippen LogP) is 10.9. The van der Waals surface area contributed by atoms with Crippen molar-refractivity contribution in [3.63, 3.8) is 0 Å². The van der Waals surface area contributed by atoms with Crippen molar-refractivity contribution >= 4 is 65.5 Å². The molecule has 6 amide bonds. The normalized spacial score (nSPS) is 19.6. The number of hydrogen-bond donors (Lipinski definition) is 3. The molecule has 91 heavy (non-hydrogen) atoms. The predicted molar refractivity (Wildman–Crippen MR) is 349 cm³/mol. The van der Waals surface area contributed by atoms with Gasteiger partial charge in [0.15, 0.2) is 11.2 Å². The molecule has 0 saturated heterocycles. The van der Waals surface area contributed by atoms with Crippen molar-refractivity contribution < 1.29 is 65.3 Å². The van der Waals surface area contributed by atoms with Crippen molar-refractivity contribution in [3.8, 4) is 11.5 Å². The minimum absolute atomic E-state index is 0.0418. The van der Waals surface area contributed by atoms with E-state index in [0.29, 0.717) is 58.0 Å². The minimum atomic E-state index is -3.15. The lowest BCUT2D eigenvalue weighted by Gasteiger charge is -2.43. The summed E-state index contributed by atoms with van der Waals surface area (Å²) in [6.45, 7) is 25.5. The Morgan fingerprint density at radius 2 is 0.978 bits per heavy atom. The van der Waals surface area contributed by atoms with Crippen LogP contribution in [0.4, 0.5) is 28.9 Å². The molecule has 8 rings (SSSR count). The van der Waals surface area contributed by atoms with Crippen LogP contribution in [0, 0.1) is 25.7 Å². The maximum absolute atomic E-state index is 14.4. The summed E-state index contributed by atoms with van der Waals surface area (Å²) in [6.07, 6.45) is 2.83. The first-order valence-electron chi connectivity index (χ1n) is 32.3. The number of anilines is 2. The molecular formula is C70H96F4N6O10Si. The number of fused-ring (bicyclic) bond motifs is 2. The third-order valence-corrected chi connectivity index (χ3v) is 23.4. The number of carbonyl (C=O) groups excluding carboxylic acids is 6. The Balaban J connectivity index is 0.000000278. The second-order valence-corrected chi connectivity index (χ2v) is 31.7. The zero-order valence-corrected chi connectivity index (χ0v) is 56.4. The highest BCUT2D eigenvalue weighted by molar-refractivity contribution is 6.99. The Morgan fingerprint density at radius 3 is 1.31 bits per heavy atom. The zero-order valence-electron chi connectivity index (χ0n) is 55.4. The number of aryl methyl sites for hydroxylation is 2.